The average molecular weight is 334 g/mol. The molecule has 0 aromatic heterocycles. The van der Waals surface area contributed by atoms with E-state index in [4.69, 9.17) is 16.7 Å². The molecule has 1 atom stereocenters. The van der Waals surface area contributed by atoms with E-state index in [1.54, 1.807) is 12.1 Å². The number of aliphatic carboxylic acids is 1. The first-order valence-corrected chi connectivity index (χ1v) is 8.85. The summed E-state index contributed by atoms with van der Waals surface area (Å²) in [6, 6.07) is 4.21. The zero-order chi connectivity index (χ0) is 15.1. The van der Waals surface area contributed by atoms with Crippen LogP contribution in [0.1, 0.15) is 16.8 Å². The number of hydrogen-bond donors (Lipinski definition) is 2. The van der Waals surface area contributed by atoms with Gasteiger partial charge < -0.3 is 10.4 Å². The van der Waals surface area contributed by atoms with Crippen molar-refractivity contribution >= 4 is 47.0 Å². The van der Waals surface area contributed by atoms with Crippen LogP contribution >= 0.6 is 35.1 Å². The third-order valence-electron chi connectivity index (χ3n) is 2.63. The number of halogens is 1. The van der Waals surface area contributed by atoms with Gasteiger partial charge in [0.2, 0.25) is 0 Å². The standard InChI is InChI=1S/C13H16ClNO3S2/c1-19-6-5-11(13(17)18)15-12(16)9-7-8(20-2)3-4-10(9)14/h3-4,7,11H,5-6H2,1-2H3,(H,15,16)(H,17,18)/t11-/m1/s1. The van der Waals surface area contributed by atoms with Crippen LogP contribution in [0.4, 0.5) is 0 Å². The third kappa shape index (κ3) is 4.92. The van der Waals surface area contributed by atoms with Gasteiger partial charge in [0.1, 0.15) is 6.04 Å². The van der Waals surface area contributed by atoms with Crippen molar-refractivity contribution in [3.8, 4) is 0 Å². The fraction of sp³-hybridized carbons (Fsp3) is 0.385. The van der Waals surface area contributed by atoms with Crippen LogP contribution in [0.3, 0.4) is 0 Å². The number of carbonyl (C=O) groups excluding carboxylic acids is 1. The van der Waals surface area contributed by atoms with Gasteiger partial charge >= 0.3 is 5.97 Å². The molecule has 1 rings (SSSR count). The van der Waals surface area contributed by atoms with Crippen LogP contribution in [0.25, 0.3) is 0 Å². The topological polar surface area (TPSA) is 66.4 Å². The zero-order valence-corrected chi connectivity index (χ0v) is 13.6. The van der Waals surface area contributed by atoms with Crippen molar-refractivity contribution in [3.63, 3.8) is 0 Å². The van der Waals surface area contributed by atoms with Gasteiger partial charge in [-0.1, -0.05) is 11.6 Å². The van der Waals surface area contributed by atoms with Crippen LogP contribution in [-0.4, -0.2) is 41.3 Å². The van der Waals surface area contributed by atoms with Crippen LogP contribution in [0, 0.1) is 0 Å². The molecule has 2 N–H and O–H groups in total. The van der Waals surface area contributed by atoms with E-state index >= 15 is 0 Å². The Bertz CT molecular complexity index is 497. The molecule has 0 spiro atoms. The molecule has 0 radical (unpaired) electrons. The first kappa shape index (κ1) is 17.2. The van der Waals surface area contributed by atoms with Crippen molar-refractivity contribution in [1.82, 2.24) is 5.32 Å². The van der Waals surface area contributed by atoms with Gasteiger partial charge in [-0.05, 0) is 42.9 Å². The van der Waals surface area contributed by atoms with E-state index in [0.29, 0.717) is 22.8 Å². The quantitative estimate of drug-likeness (QED) is 0.751. The van der Waals surface area contributed by atoms with Crippen molar-refractivity contribution in [2.24, 2.45) is 0 Å². The Labute approximate surface area is 131 Å². The van der Waals surface area contributed by atoms with Gasteiger partial charge in [-0.25, -0.2) is 4.79 Å². The summed E-state index contributed by atoms with van der Waals surface area (Å²) in [6.07, 6.45) is 4.16. The molecule has 0 aliphatic heterocycles. The molecule has 0 saturated heterocycles. The number of nitrogens with one attached hydrogen (secondary N) is 1. The fourth-order valence-corrected chi connectivity index (χ4v) is 2.65. The lowest BCUT2D eigenvalue weighted by Gasteiger charge is -2.15. The monoisotopic (exact) mass is 333 g/mol. The van der Waals surface area contributed by atoms with E-state index in [9.17, 15) is 9.59 Å². The maximum absolute atomic E-state index is 12.1. The summed E-state index contributed by atoms with van der Waals surface area (Å²) in [6.45, 7) is 0. The van der Waals surface area contributed by atoms with Crippen LogP contribution in [0.2, 0.25) is 5.02 Å². The van der Waals surface area contributed by atoms with Gasteiger partial charge in [0.15, 0.2) is 0 Å². The molecule has 1 amide bonds. The highest BCUT2D eigenvalue weighted by atomic mass is 35.5. The molecule has 20 heavy (non-hydrogen) atoms. The van der Waals surface area contributed by atoms with Crippen molar-refractivity contribution in [2.75, 3.05) is 18.3 Å². The van der Waals surface area contributed by atoms with E-state index in [2.05, 4.69) is 5.32 Å². The van der Waals surface area contributed by atoms with Crippen molar-refractivity contribution in [2.45, 2.75) is 17.4 Å². The van der Waals surface area contributed by atoms with Gasteiger partial charge in [0.25, 0.3) is 5.91 Å². The van der Waals surface area contributed by atoms with E-state index in [-0.39, 0.29) is 0 Å². The minimum atomic E-state index is -1.04. The summed E-state index contributed by atoms with van der Waals surface area (Å²) < 4.78 is 0. The summed E-state index contributed by atoms with van der Waals surface area (Å²) in [7, 11) is 0. The van der Waals surface area contributed by atoms with Crippen molar-refractivity contribution < 1.29 is 14.7 Å². The molecular formula is C13H16ClNO3S2. The molecule has 0 aliphatic rings. The summed E-state index contributed by atoms with van der Waals surface area (Å²) in [5, 5.41) is 11.9. The number of carboxylic acid groups (broad SMARTS) is 1. The Kier molecular flexibility index (Phi) is 7.26. The van der Waals surface area contributed by atoms with E-state index in [1.807, 2.05) is 18.6 Å². The number of rotatable bonds is 7. The Balaban J connectivity index is 2.85. The number of carboxylic acids is 1. The van der Waals surface area contributed by atoms with Crippen LogP contribution in [0.15, 0.2) is 23.1 Å². The Morgan fingerprint density at radius 3 is 2.65 bits per heavy atom. The molecule has 0 fully saturated rings. The zero-order valence-electron chi connectivity index (χ0n) is 11.2. The predicted molar refractivity (Wildman–Crippen MR) is 85.1 cm³/mol. The summed E-state index contributed by atoms with van der Waals surface area (Å²) in [4.78, 5) is 24.2. The predicted octanol–water partition coefficient (Wildman–Crippen LogP) is 3.00. The normalized spacial score (nSPS) is 11.9. The fourth-order valence-electron chi connectivity index (χ4n) is 1.53. The van der Waals surface area contributed by atoms with Crippen LogP contribution in [-0.2, 0) is 4.79 Å². The summed E-state index contributed by atoms with van der Waals surface area (Å²) in [5.74, 6) is -0.834. The maximum atomic E-state index is 12.1. The smallest absolute Gasteiger partial charge is 0.326 e. The second-order valence-corrected chi connectivity index (χ2v) is 6.26. The first-order chi connectivity index (χ1) is 9.49. The molecule has 4 nitrogen and oxygen atoms in total. The largest absolute Gasteiger partial charge is 0.480 e. The minimum Gasteiger partial charge on any atom is -0.480 e. The number of benzene rings is 1. The van der Waals surface area contributed by atoms with E-state index < -0.39 is 17.9 Å². The SMILES string of the molecule is CSCC[C@@H](NC(=O)c1cc(SC)ccc1Cl)C(=O)O. The highest BCUT2D eigenvalue weighted by molar-refractivity contribution is 7.98. The molecular weight excluding hydrogens is 318 g/mol. The van der Waals surface area contributed by atoms with E-state index in [1.165, 1.54) is 23.5 Å². The maximum Gasteiger partial charge on any atom is 0.326 e. The summed E-state index contributed by atoms with van der Waals surface area (Å²) >= 11 is 9.02. The molecule has 110 valence electrons. The minimum absolute atomic E-state index is 0.300. The van der Waals surface area contributed by atoms with Crippen molar-refractivity contribution in [3.05, 3.63) is 28.8 Å². The van der Waals surface area contributed by atoms with Crippen LogP contribution in [0.5, 0.6) is 0 Å². The number of amides is 1. The molecule has 0 aliphatic carbocycles. The molecule has 0 heterocycles. The number of thioether (sulfide) groups is 2. The Hall–Kier alpha value is -0.850. The van der Waals surface area contributed by atoms with E-state index in [0.717, 1.165) is 4.90 Å². The van der Waals surface area contributed by atoms with Gasteiger partial charge in [0, 0.05) is 4.90 Å². The third-order valence-corrected chi connectivity index (χ3v) is 4.33. The molecule has 0 saturated carbocycles. The lowest BCUT2D eigenvalue weighted by atomic mass is 10.1. The molecule has 1 aromatic rings. The number of hydrogen-bond acceptors (Lipinski definition) is 4. The Morgan fingerprint density at radius 2 is 2.10 bits per heavy atom. The molecule has 7 heteroatoms. The second kappa shape index (κ2) is 8.44. The second-order valence-electron chi connectivity index (χ2n) is 3.99. The highest BCUT2D eigenvalue weighted by Gasteiger charge is 2.21. The van der Waals surface area contributed by atoms with Gasteiger partial charge in [-0.2, -0.15) is 11.8 Å². The van der Waals surface area contributed by atoms with Crippen molar-refractivity contribution in [1.29, 1.82) is 0 Å². The van der Waals surface area contributed by atoms with Crippen LogP contribution < -0.4 is 5.32 Å². The lowest BCUT2D eigenvalue weighted by Crippen LogP contribution is -2.41. The average Bonchev–Trinajstić information content (AvgIpc) is 2.43. The molecule has 0 bridgehead atoms. The first-order valence-electron chi connectivity index (χ1n) is 5.85. The molecule has 1 aromatic carbocycles. The van der Waals surface area contributed by atoms with Gasteiger partial charge in [0.05, 0.1) is 10.6 Å². The number of carbonyl (C=O) groups is 2. The highest BCUT2D eigenvalue weighted by Crippen LogP contribution is 2.23. The lowest BCUT2D eigenvalue weighted by molar-refractivity contribution is -0.139. The van der Waals surface area contributed by atoms with Gasteiger partial charge in [-0.3, -0.25) is 4.79 Å². The van der Waals surface area contributed by atoms with Gasteiger partial charge in [-0.15, -0.1) is 11.8 Å². The summed E-state index contributed by atoms with van der Waals surface area (Å²) in [5.41, 5.74) is 0.300. The molecule has 0 unspecified atom stereocenters. The Morgan fingerprint density at radius 1 is 1.40 bits per heavy atom.